The molecule has 43 heavy (non-hydrogen) atoms. The van der Waals surface area contributed by atoms with Crippen LogP contribution in [0.3, 0.4) is 0 Å². The summed E-state index contributed by atoms with van der Waals surface area (Å²) in [6, 6.07) is 8.82. The normalized spacial score (nSPS) is 18.9. The van der Waals surface area contributed by atoms with E-state index in [0.29, 0.717) is 43.0 Å². The number of imidazole rings is 1. The van der Waals surface area contributed by atoms with Crippen LogP contribution in [0.1, 0.15) is 77.1 Å². The molecule has 2 aliphatic heterocycles. The van der Waals surface area contributed by atoms with E-state index in [1.165, 1.54) is 0 Å². The Bertz CT molecular complexity index is 1500. The van der Waals surface area contributed by atoms with Crippen LogP contribution in [0, 0.1) is 6.92 Å². The van der Waals surface area contributed by atoms with E-state index in [-0.39, 0.29) is 30.1 Å². The number of rotatable bonds is 5. The summed E-state index contributed by atoms with van der Waals surface area (Å²) in [5, 5.41) is 13.4. The number of carbonyl (C=O) groups is 2. The third kappa shape index (κ3) is 7.26. The monoisotopic (exact) mass is 589 g/mol. The first-order chi connectivity index (χ1) is 20.5. The maximum Gasteiger partial charge on any atom is 0.410 e. The van der Waals surface area contributed by atoms with Crippen molar-refractivity contribution in [3.05, 3.63) is 47.8 Å². The molecule has 11 heteroatoms. The molecule has 0 N–H and O–H groups in total. The molecule has 2 aromatic heterocycles. The van der Waals surface area contributed by atoms with E-state index in [4.69, 9.17) is 14.5 Å². The highest BCUT2D eigenvalue weighted by atomic mass is 16.6. The number of nitrogens with zero attached hydrogens (tertiary/aromatic N) is 6. The third-order valence-electron chi connectivity index (χ3n) is 7.84. The Balaban J connectivity index is 1.56. The van der Waals surface area contributed by atoms with Crippen LogP contribution in [0.25, 0.3) is 11.0 Å². The Morgan fingerprint density at radius 1 is 1.05 bits per heavy atom. The number of aryl methyl sites for hydroxylation is 1. The quantitative estimate of drug-likeness (QED) is 0.316. The van der Waals surface area contributed by atoms with Crippen LogP contribution in [-0.4, -0.2) is 80.1 Å². The minimum atomic E-state index is -0.616. The number of aliphatic imine (C=N–C) groups is 1. The molecule has 5 rings (SSSR count). The lowest BCUT2D eigenvalue weighted by molar-refractivity contribution is -0.212. The number of likely N-dealkylation sites (tertiary alicyclic amines) is 2. The molecule has 0 aliphatic carbocycles. The zero-order chi connectivity index (χ0) is 30.7. The number of ether oxygens (including phenoxy) is 2. The Labute approximate surface area is 252 Å². The minimum absolute atomic E-state index is 0.0706. The standard InChI is InChI=1S/C32H42N6O5/c1-21-19-23(12-15-33-21)29(40)35-30-34-26-10-8-11-27(42-25-13-17-36(18-14-25)22(2)39)28(26)38(30)24-9-6-7-16-37(20-24)31(41)43-32(3,4)5/h8,10-12,15,19,24-25H,6-7,9,13-14,16-18,20H2,1-5H3,(H,34,35,40)/p-1/t24-/m1/s1. The second-order valence-electron chi connectivity index (χ2n) is 12.4. The molecule has 0 radical (unpaired) electrons. The van der Waals surface area contributed by atoms with E-state index < -0.39 is 11.5 Å². The summed E-state index contributed by atoms with van der Waals surface area (Å²) in [5.41, 5.74) is 1.93. The number of benzene rings is 1. The molecule has 0 bridgehead atoms. The maximum atomic E-state index is 13.4. The highest BCUT2D eigenvalue weighted by Gasteiger charge is 2.31. The average molecular weight is 590 g/mol. The van der Waals surface area contributed by atoms with Gasteiger partial charge in [0.25, 0.3) is 0 Å². The number of hydrogen-bond acceptors (Lipinski definition) is 8. The van der Waals surface area contributed by atoms with E-state index in [1.807, 2.05) is 55.4 Å². The first kappa shape index (κ1) is 30.3. The highest BCUT2D eigenvalue weighted by molar-refractivity contribution is 5.93. The van der Waals surface area contributed by atoms with E-state index in [1.54, 1.807) is 30.2 Å². The molecular formula is C32H41N6O5-. The predicted molar refractivity (Wildman–Crippen MR) is 162 cm³/mol. The zero-order valence-electron chi connectivity index (χ0n) is 25.7. The first-order valence-corrected chi connectivity index (χ1v) is 15.1. The number of para-hydroxylation sites is 1. The van der Waals surface area contributed by atoms with Crippen LogP contribution < -0.4 is 9.84 Å². The van der Waals surface area contributed by atoms with Gasteiger partial charge in [0.2, 0.25) is 11.9 Å². The molecule has 4 heterocycles. The van der Waals surface area contributed by atoms with Crippen LogP contribution in [0.5, 0.6) is 5.75 Å². The number of pyridine rings is 1. The Kier molecular flexibility index (Phi) is 8.89. The van der Waals surface area contributed by atoms with Gasteiger partial charge in [0.1, 0.15) is 23.0 Å². The van der Waals surface area contributed by atoms with Crippen LogP contribution in [0.2, 0.25) is 0 Å². The molecule has 2 aliphatic rings. The Morgan fingerprint density at radius 2 is 1.81 bits per heavy atom. The molecule has 1 aromatic carbocycles. The molecule has 0 saturated carbocycles. The maximum absolute atomic E-state index is 13.4. The lowest BCUT2D eigenvalue weighted by Gasteiger charge is -2.32. The fraction of sp³-hybridized carbons (Fsp3) is 0.531. The van der Waals surface area contributed by atoms with E-state index >= 15 is 0 Å². The summed E-state index contributed by atoms with van der Waals surface area (Å²) in [6.07, 6.45) is 5.08. The molecule has 1 atom stereocenters. The van der Waals surface area contributed by atoms with Gasteiger partial charge in [-0.05, 0) is 82.7 Å². The number of amides is 2. The lowest BCUT2D eigenvalue weighted by atomic mass is 10.1. The van der Waals surface area contributed by atoms with Crippen molar-refractivity contribution in [2.45, 2.75) is 84.5 Å². The molecular weight excluding hydrogens is 548 g/mol. The Hall–Kier alpha value is -4.15. The lowest BCUT2D eigenvalue weighted by Crippen LogP contribution is -2.40. The molecule has 2 fully saturated rings. The van der Waals surface area contributed by atoms with Gasteiger partial charge in [-0.15, -0.1) is 0 Å². The Morgan fingerprint density at radius 3 is 2.51 bits per heavy atom. The minimum Gasteiger partial charge on any atom is -0.858 e. The predicted octanol–water partition coefficient (Wildman–Crippen LogP) is 4.53. The van der Waals surface area contributed by atoms with E-state index in [2.05, 4.69) is 9.98 Å². The number of piperidine rings is 1. The number of aromatic nitrogens is 3. The van der Waals surface area contributed by atoms with Gasteiger partial charge in [-0.2, -0.15) is 0 Å². The second-order valence-corrected chi connectivity index (χ2v) is 12.4. The SMILES string of the molecule is CC(=O)N1CCC(Oc2cccc3nc(/N=C(\[O-])c4ccnc(C)c4)n([C@@H]4CCCCN(C(=O)OC(C)(C)C)C4)c23)CC1. The fourth-order valence-electron chi connectivity index (χ4n) is 5.75. The van der Waals surface area contributed by atoms with Crippen molar-refractivity contribution in [3.8, 4) is 5.75 Å². The van der Waals surface area contributed by atoms with Crippen molar-refractivity contribution in [2.24, 2.45) is 4.99 Å². The van der Waals surface area contributed by atoms with Crippen molar-refractivity contribution in [1.29, 1.82) is 0 Å². The van der Waals surface area contributed by atoms with E-state index in [0.717, 1.165) is 43.3 Å². The van der Waals surface area contributed by atoms with Gasteiger partial charge < -0.3 is 28.9 Å². The topological polar surface area (TPSA) is 125 Å². The summed E-state index contributed by atoms with van der Waals surface area (Å²) >= 11 is 0. The number of hydrogen-bond donors (Lipinski definition) is 0. The number of fused-ring (bicyclic) bond motifs is 1. The first-order valence-electron chi connectivity index (χ1n) is 15.1. The summed E-state index contributed by atoms with van der Waals surface area (Å²) in [6.45, 7) is 11.2. The van der Waals surface area contributed by atoms with Gasteiger partial charge in [0.15, 0.2) is 0 Å². The molecule has 2 saturated heterocycles. The van der Waals surface area contributed by atoms with Crippen LogP contribution in [0.15, 0.2) is 41.5 Å². The van der Waals surface area contributed by atoms with Gasteiger partial charge in [0.05, 0.1) is 11.6 Å². The summed E-state index contributed by atoms with van der Waals surface area (Å²) in [5.74, 6) is 0.571. The molecule has 230 valence electrons. The van der Waals surface area contributed by atoms with Crippen LogP contribution >= 0.6 is 0 Å². The van der Waals surface area contributed by atoms with Crippen molar-refractivity contribution in [1.82, 2.24) is 24.3 Å². The third-order valence-corrected chi connectivity index (χ3v) is 7.84. The van der Waals surface area contributed by atoms with Crippen molar-refractivity contribution in [2.75, 3.05) is 26.2 Å². The molecule has 0 spiro atoms. The highest BCUT2D eigenvalue weighted by Crippen LogP contribution is 2.37. The van der Waals surface area contributed by atoms with Crippen LogP contribution in [-0.2, 0) is 9.53 Å². The van der Waals surface area contributed by atoms with Crippen LogP contribution in [0.4, 0.5) is 10.7 Å². The van der Waals surface area contributed by atoms with E-state index in [9.17, 15) is 14.7 Å². The number of carbonyl (C=O) groups excluding carboxylic acids is 2. The molecule has 2 amide bonds. The van der Waals surface area contributed by atoms with Gasteiger partial charge in [-0.3, -0.25) is 9.78 Å². The summed E-state index contributed by atoms with van der Waals surface area (Å²) < 4.78 is 14.3. The average Bonchev–Trinajstić information content (AvgIpc) is 3.13. The van der Waals surface area contributed by atoms with Crippen molar-refractivity contribution < 1.29 is 24.2 Å². The largest absolute Gasteiger partial charge is 0.858 e. The smallest absolute Gasteiger partial charge is 0.410 e. The fourth-order valence-corrected chi connectivity index (χ4v) is 5.75. The second kappa shape index (κ2) is 12.6. The molecule has 0 unspecified atom stereocenters. The molecule has 3 aromatic rings. The van der Waals surface area contributed by atoms with Gasteiger partial charge in [0, 0.05) is 57.8 Å². The van der Waals surface area contributed by atoms with Crippen molar-refractivity contribution in [3.63, 3.8) is 0 Å². The molecule has 11 nitrogen and oxygen atoms in total. The summed E-state index contributed by atoms with van der Waals surface area (Å²) in [4.78, 5) is 42.1. The zero-order valence-corrected chi connectivity index (χ0v) is 25.7. The van der Waals surface area contributed by atoms with Gasteiger partial charge >= 0.3 is 6.09 Å². The van der Waals surface area contributed by atoms with Gasteiger partial charge in [-0.1, -0.05) is 6.07 Å². The van der Waals surface area contributed by atoms with Gasteiger partial charge in [-0.25, -0.2) is 14.8 Å². The van der Waals surface area contributed by atoms with Crippen molar-refractivity contribution >= 4 is 34.9 Å². The summed E-state index contributed by atoms with van der Waals surface area (Å²) in [7, 11) is 0.